The molecule has 0 aromatic heterocycles. The third kappa shape index (κ3) is 3.71. The van der Waals surface area contributed by atoms with Crippen molar-refractivity contribution in [2.24, 2.45) is 5.92 Å². The summed E-state index contributed by atoms with van der Waals surface area (Å²) in [5.41, 5.74) is 1.01. The van der Waals surface area contributed by atoms with Gasteiger partial charge in [-0.05, 0) is 89.2 Å². The fraction of sp³-hybridized carbons (Fsp3) is 0.538. The van der Waals surface area contributed by atoms with Gasteiger partial charge in [0.25, 0.3) is 0 Å². The highest BCUT2D eigenvalue weighted by molar-refractivity contribution is 14.1. The van der Waals surface area contributed by atoms with E-state index in [1.165, 1.54) is 0 Å². The molecule has 1 saturated heterocycles. The van der Waals surface area contributed by atoms with Gasteiger partial charge in [-0.3, -0.25) is 4.90 Å². The van der Waals surface area contributed by atoms with Crippen LogP contribution >= 0.6 is 45.2 Å². The van der Waals surface area contributed by atoms with Crippen molar-refractivity contribution in [2.45, 2.75) is 19.4 Å². The maximum atomic E-state index is 10.1. The lowest BCUT2D eigenvalue weighted by Crippen LogP contribution is -2.34. The van der Waals surface area contributed by atoms with Crippen molar-refractivity contribution in [3.8, 4) is 5.75 Å². The predicted octanol–water partition coefficient (Wildman–Crippen LogP) is 2.81. The average molecular weight is 473 g/mol. The molecule has 3 nitrogen and oxygen atoms in total. The highest BCUT2D eigenvalue weighted by Gasteiger charge is 2.19. The Kier molecular flexibility index (Phi) is 5.52. The monoisotopic (exact) mass is 473 g/mol. The van der Waals surface area contributed by atoms with Gasteiger partial charge < -0.3 is 10.2 Å². The number of likely N-dealkylation sites (tertiary alicyclic amines) is 1. The maximum Gasteiger partial charge on any atom is 0.133 e. The minimum Gasteiger partial charge on any atom is -0.507 e. The third-order valence-electron chi connectivity index (χ3n) is 3.47. The lowest BCUT2D eigenvalue weighted by molar-refractivity contribution is 0.127. The Morgan fingerprint density at radius 3 is 2.50 bits per heavy atom. The molecule has 1 aliphatic rings. The molecule has 1 aromatic rings. The molecule has 1 aromatic carbocycles. The number of phenols is 1. The number of aliphatic hydroxyl groups excluding tert-OH is 1. The number of phenolic OH excluding ortho intramolecular Hbond substituents is 1. The Bertz CT molecular complexity index is 418. The van der Waals surface area contributed by atoms with Crippen LogP contribution in [0.4, 0.5) is 0 Å². The minimum atomic E-state index is 0.306. The summed E-state index contributed by atoms with van der Waals surface area (Å²) in [5.74, 6) is 0.881. The second-order valence-corrected chi connectivity index (χ2v) is 7.21. The fourth-order valence-corrected chi connectivity index (χ4v) is 4.27. The largest absolute Gasteiger partial charge is 0.507 e. The number of aromatic hydroxyl groups is 1. The highest BCUT2D eigenvalue weighted by Crippen LogP contribution is 2.29. The van der Waals surface area contributed by atoms with Gasteiger partial charge in [0, 0.05) is 22.3 Å². The van der Waals surface area contributed by atoms with E-state index in [2.05, 4.69) is 56.1 Å². The van der Waals surface area contributed by atoms with E-state index in [9.17, 15) is 5.11 Å². The van der Waals surface area contributed by atoms with Crippen LogP contribution in [0, 0.1) is 13.1 Å². The highest BCUT2D eigenvalue weighted by atomic mass is 127. The zero-order valence-electron chi connectivity index (χ0n) is 10.1. The first kappa shape index (κ1) is 14.8. The van der Waals surface area contributed by atoms with Crippen LogP contribution < -0.4 is 0 Å². The molecule has 1 heterocycles. The number of hydrogen-bond acceptors (Lipinski definition) is 3. The molecule has 2 rings (SSSR count). The number of benzene rings is 1. The Balaban J connectivity index is 2.02. The molecule has 5 heteroatoms. The van der Waals surface area contributed by atoms with Crippen molar-refractivity contribution in [1.29, 1.82) is 0 Å². The van der Waals surface area contributed by atoms with Crippen LogP contribution in [0.1, 0.15) is 18.4 Å². The van der Waals surface area contributed by atoms with E-state index >= 15 is 0 Å². The lowest BCUT2D eigenvalue weighted by Gasteiger charge is -2.31. The van der Waals surface area contributed by atoms with Gasteiger partial charge in [0.15, 0.2) is 0 Å². The van der Waals surface area contributed by atoms with Crippen LogP contribution in [0.3, 0.4) is 0 Å². The number of hydrogen-bond donors (Lipinski definition) is 2. The molecule has 0 atom stereocenters. The molecule has 0 spiro atoms. The van der Waals surface area contributed by atoms with Crippen molar-refractivity contribution >= 4 is 45.2 Å². The summed E-state index contributed by atoms with van der Waals surface area (Å²) in [4.78, 5) is 2.35. The van der Waals surface area contributed by atoms with Gasteiger partial charge in [-0.1, -0.05) is 0 Å². The van der Waals surface area contributed by atoms with Gasteiger partial charge in [0.1, 0.15) is 5.75 Å². The Labute approximate surface area is 135 Å². The van der Waals surface area contributed by atoms with E-state index in [-0.39, 0.29) is 0 Å². The van der Waals surface area contributed by atoms with E-state index < -0.39 is 0 Å². The van der Waals surface area contributed by atoms with Crippen molar-refractivity contribution < 1.29 is 10.2 Å². The fourth-order valence-electron chi connectivity index (χ4n) is 2.31. The normalized spacial score (nSPS) is 18.2. The van der Waals surface area contributed by atoms with Gasteiger partial charge >= 0.3 is 0 Å². The SMILES string of the molecule is OCC1CCN(Cc2cc(I)cc(I)c2O)CC1. The smallest absolute Gasteiger partial charge is 0.133 e. The van der Waals surface area contributed by atoms with Crippen LogP contribution in [-0.2, 0) is 6.54 Å². The zero-order valence-corrected chi connectivity index (χ0v) is 14.4. The first-order valence-electron chi connectivity index (χ1n) is 6.10. The van der Waals surface area contributed by atoms with E-state index in [0.717, 1.165) is 45.2 Å². The molecule has 0 unspecified atom stereocenters. The van der Waals surface area contributed by atoms with Crippen molar-refractivity contribution in [2.75, 3.05) is 19.7 Å². The van der Waals surface area contributed by atoms with Crippen LogP contribution in [0.25, 0.3) is 0 Å². The number of rotatable bonds is 3. The zero-order chi connectivity index (χ0) is 13.1. The number of halogens is 2. The van der Waals surface area contributed by atoms with Gasteiger partial charge in [0.05, 0.1) is 3.57 Å². The quantitative estimate of drug-likeness (QED) is 0.665. The van der Waals surface area contributed by atoms with Crippen molar-refractivity contribution in [1.82, 2.24) is 4.90 Å². The second-order valence-electron chi connectivity index (χ2n) is 4.80. The predicted molar refractivity (Wildman–Crippen MR) is 88.6 cm³/mol. The van der Waals surface area contributed by atoms with Crippen LogP contribution in [0.15, 0.2) is 12.1 Å². The molecule has 0 aliphatic carbocycles. The van der Waals surface area contributed by atoms with Gasteiger partial charge in [-0.25, -0.2) is 0 Å². The summed E-state index contributed by atoms with van der Waals surface area (Å²) < 4.78 is 2.08. The van der Waals surface area contributed by atoms with Crippen LogP contribution in [0.5, 0.6) is 5.75 Å². The summed E-state index contributed by atoms with van der Waals surface area (Å²) >= 11 is 4.46. The Morgan fingerprint density at radius 1 is 1.22 bits per heavy atom. The van der Waals surface area contributed by atoms with E-state index in [1.54, 1.807) is 0 Å². The first-order valence-corrected chi connectivity index (χ1v) is 8.26. The second kappa shape index (κ2) is 6.71. The van der Waals surface area contributed by atoms with E-state index in [4.69, 9.17) is 5.11 Å². The molecule has 0 amide bonds. The van der Waals surface area contributed by atoms with Crippen molar-refractivity contribution in [3.05, 3.63) is 24.8 Å². The first-order chi connectivity index (χ1) is 8.60. The topological polar surface area (TPSA) is 43.7 Å². The Morgan fingerprint density at radius 2 is 1.89 bits per heavy atom. The van der Waals surface area contributed by atoms with E-state index in [1.807, 2.05) is 6.07 Å². The standard InChI is InChI=1S/C13H17I2NO2/c14-11-5-10(13(18)12(15)6-11)7-16-3-1-9(8-17)2-4-16/h5-6,9,17-18H,1-4,7-8H2. The van der Waals surface area contributed by atoms with Crippen LogP contribution in [-0.4, -0.2) is 34.8 Å². The molecule has 100 valence electrons. The molecule has 1 fully saturated rings. The molecular weight excluding hydrogens is 456 g/mol. The number of aliphatic hydroxyl groups is 1. The number of piperidine rings is 1. The van der Waals surface area contributed by atoms with Gasteiger partial charge in [0.2, 0.25) is 0 Å². The third-order valence-corrected chi connectivity index (χ3v) is 4.91. The van der Waals surface area contributed by atoms with Crippen molar-refractivity contribution in [3.63, 3.8) is 0 Å². The summed E-state index contributed by atoms with van der Waals surface area (Å²) in [6.45, 7) is 3.12. The molecule has 0 bridgehead atoms. The summed E-state index contributed by atoms with van der Waals surface area (Å²) in [6.07, 6.45) is 2.11. The van der Waals surface area contributed by atoms with Gasteiger partial charge in [-0.15, -0.1) is 0 Å². The molecule has 0 saturated carbocycles. The summed E-state index contributed by atoms with van der Waals surface area (Å²) in [5, 5.41) is 19.2. The maximum absolute atomic E-state index is 10.1. The molecular formula is C13H17I2NO2. The van der Waals surface area contributed by atoms with Crippen LogP contribution in [0.2, 0.25) is 0 Å². The molecule has 1 aliphatic heterocycles. The minimum absolute atomic E-state index is 0.306. The summed E-state index contributed by atoms with van der Waals surface area (Å²) in [7, 11) is 0. The average Bonchev–Trinajstić information content (AvgIpc) is 2.36. The molecule has 0 radical (unpaired) electrons. The van der Waals surface area contributed by atoms with Gasteiger partial charge in [-0.2, -0.15) is 0 Å². The van der Waals surface area contributed by atoms with E-state index in [0.29, 0.717) is 18.3 Å². The lowest BCUT2D eigenvalue weighted by atomic mass is 9.97. The number of nitrogens with zero attached hydrogens (tertiary/aromatic N) is 1. The molecule has 2 N–H and O–H groups in total. The molecule has 18 heavy (non-hydrogen) atoms. The summed E-state index contributed by atoms with van der Waals surface area (Å²) in [6, 6.07) is 4.04. The Hall–Kier alpha value is 0.400.